The van der Waals surface area contributed by atoms with Crippen LogP contribution in [0.5, 0.6) is 11.5 Å². The minimum absolute atomic E-state index is 0.0327. The second-order valence-electron chi connectivity index (χ2n) is 5.40. The molecule has 0 saturated carbocycles. The molecule has 25 heavy (non-hydrogen) atoms. The van der Waals surface area contributed by atoms with Crippen LogP contribution < -0.4 is 20.1 Å². The van der Waals surface area contributed by atoms with Crippen molar-refractivity contribution in [3.05, 3.63) is 52.5 Å². The molecule has 134 valence electrons. The minimum atomic E-state index is 0.0327. The van der Waals surface area contributed by atoms with Gasteiger partial charge in [-0.05, 0) is 75.0 Å². The zero-order valence-electron chi connectivity index (χ0n) is 14.6. The number of benzene rings is 2. The number of anilines is 1. The van der Waals surface area contributed by atoms with E-state index in [4.69, 9.17) is 21.7 Å². The van der Waals surface area contributed by atoms with E-state index >= 15 is 0 Å². The highest BCUT2D eigenvalue weighted by atomic mass is 79.9. The first kappa shape index (κ1) is 19.5. The van der Waals surface area contributed by atoms with Gasteiger partial charge in [0.15, 0.2) is 16.6 Å². The molecule has 0 aliphatic rings. The average molecular weight is 423 g/mol. The van der Waals surface area contributed by atoms with E-state index in [-0.39, 0.29) is 6.04 Å². The molecule has 0 unspecified atom stereocenters. The summed E-state index contributed by atoms with van der Waals surface area (Å²) in [7, 11) is 0. The molecule has 0 amide bonds. The van der Waals surface area contributed by atoms with Gasteiger partial charge < -0.3 is 20.1 Å². The smallest absolute Gasteiger partial charge is 0.171 e. The molecule has 0 fully saturated rings. The molecule has 0 aliphatic heterocycles. The van der Waals surface area contributed by atoms with E-state index in [1.54, 1.807) is 0 Å². The van der Waals surface area contributed by atoms with Gasteiger partial charge in [0, 0.05) is 10.2 Å². The number of halogens is 1. The maximum Gasteiger partial charge on any atom is 0.171 e. The molecule has 0 radical (unpaired) electrons. The number of hydrogen-bond acceptors (Lipinski definition) is 3. The van der Waals surface area contributed by atoms with Gasteiger partial charge in [-0.25, -0.2) is 0 Å². The van der Waals surface area contributed by atoms with Gasteiger partial charge in [-0.1, -0.05) is 22.0 Å². The van der Waals surface area contributed by atoms with Gasteiger partial charge in [0.2, 0.25) is 0 Å². The molecule has 0 heterocycles. The van der Waals surface area contributed by atoms with Crippen LogP contribution in [0.4, 0.5) is 5.69 Å². The van der Waals surface area contributed by atoms with Crippen molar-refractivity contribution in [2.24, 2.45) is 0 Å². The van der Waals surface area contributed by atoms with Crippen molar-refractivity contribution < 1.29 is 9.47 Å². The molecule has 2 rings (SSSR count). The number of nitrogens with one attached hydrogen (secondary N) is 2. The fourth-order valence-corrected chi connectivity index (χ4v) is 2.88. The van der Waals surface area contributed by atoms with Gasteiger partial charge in [-0.2, -0.15) is 0 Å². The van der Waals surface area contributed by atoms with Crippen LogP contribution in [0, 0.1) is 0 Å². The van der Waals surface area contributed by atoms with Gasteiger partial charge in [-0.15, -0.1) is 0 Å². The standard InChI is InChI=1S/C19H23BrN2O2S/c1-4-23-17-11-6-14(12-18(17)24-5-2)13(3)21-19(25)22-16-9-7-15(20)8-10-16/h6-13H,4-5H2,1-3H3,(H2,21,22,25)/t13-/m0/s1. The second-order valence-corrected chi connectivity index (χ2v) is 6.72. The molecule has 1 atom stereocenters. The zero-order chi connectivity index (χ0) is 18.2. The highest BCUT2D eigenvalue weighted by Crippen LogP contribution is 2.30. The van der Waals surface area contributed by atoms with Crippen LogP contribution in [0.2, 0.25) is 0 Å². The molecular weight excluding hydrogens is 400 g/mol. The van der Waals surface area contributed by atoms with E-state index in [1.165, 1.54) is 0 Å². The van der Waals surface area contributed by atoms with Crippen LogP contribution in [0.15, 0.2) is 46.9 Å². The maximum absolute atomic E-state index is 5.69. The van der Waals surface area contributed by atoms with Crippen LogP contribution in [-0.4, -0.2) is 18.3 Å². The van der Waals surface area contributed by atoms with E-state index < -0.39 is 0 Å². The van der Waals surface area contributed by atoms with E-state index in [1.807, 2.05) is 56.3 Å². The number of ether oxygens (including phenoxy) is 2. The summed E-state index contributed by atoms with van der Waals surface area (Å²) in [4.78, 5) is 0. The van der Waals surface area contributed by atoms with Crippen molar-refractivity contribution in [1.82, 2.24) is 5.32 Å². The lowest BCUT2D eigenvalue weighted by molar-refractivity contribution is 0.287. The molecule has 2 aromatic carbocycles. The molecular formula is C19H23BrN2O2S. The third-order valence-electron chi connectivity index (χ3n) is 3.52. The molecule has 6 heteroatoms. The van der Waals surface area contributed by atoms with Crippen molar-refractivity contribution >= 4 is 38.9 Å². The normalized spacial score (nSPS) is 11.5. The van der Waals surface area contributed by atoms with Crippen LogP contribution in [0.3, 0.4) is 0 Å². The Morgan fingerprint density at radius 2 is 1.68 bits per heavy atom. The average Bonchev–Trinajstić information content (AvgIpc) is 2.59. The Morgan fingerprint density at radius 3 is 2.32 bits per heavy atom. The molecule has 0 aromatic heterocycles. The van der Waals surface area contributed by atoms with Gasteiger partial charge in [-0.3, -0.25) is 0 Å². The minimum Gasteiger partial charge on any atom is -0.490 e. The van der Waals surface area contributed by atoms with Crippen molar-refractivity contribution in [1.29, 1.82) is 0 Å². The monoisotopic (exact) mass is 422 g/mol. The molecule has 2 aromatic rings. The fourth-order valence-electron chi connectivity index (χ4n) is 2.32. The second kappa shape index (κ2) is 9.63. The Labute approximate surface area is 163 Å². The lowest BCUT2D eigenvalue weighted by Crippen LogP contribution is -2.30. The maximum atomic E-state index is 5.69. The number of hydrogen-bond donors (Lipinski definition) is 2. The highest BCUT2D eigenvalue weighted by molar-refractivity contribution is 9.10. The summed E-state index contributed by atoms with van der Waals surface area (Å²) in [5.74, 6) is 1.51. The first-order valence-electron chi connectivity index (χ1n) is 8.26. The SMILES string of the molecule is CCOc1ccc([C@H](C)NC(=S)Nc2ccc(Br)cc2)cc1OCC. The molecule has 0 aliphatic carbocycles. The van der Waals surface area contributed by atoms with Crippen molar-refractivity contribution in [2.45, 2.75) is 26.8 Å². The third kappa shape index (κ3) is 5.90. The summed E-state index contributed by atoms with van der Waals surface area (Å²) in [6.45, 7) is 7.17. The Morgan fingerprint density at radius 1 is 1.04 bits per heavy atom. The largest absolute Gasteiger partial charge is 0.490 e. The summed E-state index contributed by atoms with van der Waals surface area (Å²) in [6.07, 6.45) is 0. The van der Waals surface area contributed by atoms with Crippen LogP contribution in [0.1, 0.15) is 32.4 Å². The molecule has 0 saturated heterocycles. The summed E-state index contributed by atoms with van der Waals surface area (Å²) in [6, 6.07) is 13.9. The van der Waals surface area contributed by atoms with Gasteiger partial charge in [0.1, 0.15) is 0 Å². The van der Waals surface area contributed by atoms with Crippen molar-refractivity contribution in [2.75, 3.05) is 18.5 Å². The van der Waals surface area contributed by atoms with Crippen LogP contribution in [0.25, 0.3) is 0 Å². The molecule has 0 spiro atoms. The predicted octanol–water partition coefficient (Wildman–Crippen LogP) is 5.29. The van der Waals surface area contributed by atoms with Crippen LogP contribution >= 0.6 is 28.1 Å². The Bertz CT molecular complexity index is 707. The Balaban J connectivity index is 2.03. The molecule has 4 nitrogen and oxygen atoms in total. The topological polar surface area (TPSA) is 42.5 Å². The van der Waals surface area contributed by atoms with E-state index in [0.29, 0.717) is 18.3 Å². The summed E-state index contributed by atoms with van der Waals surface area (Å²) in [5.41, 5.74) is 2.02. The summed E-state index contributed by atoms with van der Waals surface area (Å²) >= 11 is 8.83. The number of thiocarbonyl (C=S) groups is 1. The summed E-state index contributed by atoms with van der Waals surface area (Å²) in [5, 5.41) is 7.05. The molecule has 0 bridgehead atoms. The van der Waals surface area contributed by atoms with Gasteiger partial charge in [0.25, 0.3) is 0 Å². The van der Waals surface area contributed by atoms with E-state index in [0.717, 1.165) is 27.2 Å². The van der Waals surface area contributed by atoms with E-state index in [2.05, 4.69) is 33.5 Å². The summed E-state index contributed by atoms with van der Waals surface area (Å²) < 4.78 is 12.3. The lowest BCUT2D eigenvalue weighted by atomic mass is 10.1. The number of rotatable bonds is 7. The van der Waals surface area contributed by atoms with Gasteiger partial charge in [0.05, 0.1) is 19.3 Å². The zero-order valence-corrected chi connectivity index (χ0v) is 17.0. The van der Waals surface area contributed by atoms with Gasteiger partial charge >= 0.3 is 0 Å². The quantitative estimate of drug-likeness (QED) is 0.592. The van der Waals surface area contributed by atoms with E-state index in [9.17, 15) is 0 Å². The fraction of sp³-hybridized carbons (Fsp3) is 0.316. The van der Waals surface area contributed by atoms with Crippen LogP contribution in [-0.2, 0) is 0 Å². The first-order chi connectivity index (χ1) is 12.0. The predicted molar refractivity (Wildman–Crippen MR) is 111 cm³/mol. The van der Waals surface area contributed by atoms with Crippen molar-refractivity contribution in [3.8, 4) is 11.5 Å². The first-order valence-corrected chi connectivity index (χ1v) is 9.46. The highest BCUT2D eigenvalue weighted by Gasteiger charge is 2.12. The third-order valence-corrected chi connectivity index (χ3v) is 4.27. The Kier molecular flexibility index (Phi) is 7.52. The molecule has 2 N–H and O–H groups in total. The van der Waals surface area contributed by atoms with Crippen molar-refractivity contribution in [3.63, 3.8) is 0 Å². The Hall–Kier alpha value is -1.79. The lowest BCUT2D eigenvalue weighted by Gasteiger charge is -2.19.